The van der Waals surface area contributed by atoms with Crippen LogP contribution in [0.15, 0.2) is 12.4 Å². The molecule has 4 heteroatoms. The standard InChI is InChI=1S/C11H13N3O/c1-2-9-7-11(15)14(8-9)6-3-10-12-4-5-13-10/h1,4-5,9H,3,6-8H2,(H,12,13). The van der Waals surface area contributed by atoms with Crippen LogP contribution in [0.2, 0.25) is 0 Å². The van der Waals surface area contributed by atoms with E-state index in [2.05, 4.69) is 15.9 Å². The SMILES string of the molecule is C#CC1CC(=O)N(CCc2ncc[nH]2)C1. The number of terminal acetylenes is 1. The fraction of sp³-hybridized carbons (Fsp3) is 0.455. The molecule has 15 heavy (non-hydrogen) atoms. The van der Waals surface area contributed by atoms with Crippen molar-refractivity contribution >= 4 is 5.91 Å². The van der Waals surface area contributed by atoms with E-state index in [-0.39, 0.29) is 11.8 Å². The normalized spacial score (nSPS) is 20.6. The van der Waals surface area contributed by atoms with E-state index in [1.165, 1.54) is 0 Å². The van der Waals surface area contributed by atoms with Crippen molar-refractivity contribution < 1.29 is 4.79 Å². The number of rotatable bonds is 3. The zero-order valence-electron chi connectivity index (χ0n) is 8.44. The average molecular weight is 203 g/mol. The quantitative estimate of drug-likeness (QED) is 0.724. The molecule has 78 valence electrons. The van der Waals surface area contributed by atoms with Crippen molar-refractivity contribution in [2.45, 2.75) is 12.8 Å². The van der Waals surface area contributed by atoms with Gasteiger partial charge in [-0.3, -0.25) is 4.79 Å². The molecular formula is C11H13N3O. The third-order valence-electron chi connectivity index (χ3n) is 2.62. The molecule has 0 radical (unpaired) electrons. The van der Waals surface area contributed by atoms with Crippen molar-refractivity contribution in [2.24, 2.45) is 5.92 Å². The summed E-state index contributed by atoms with van der Waals surface area (Å²) in [6, 6.07) is 0. The molecule has 1 saturated heterocycles. The van der Waals surface area contributed by atoms with Crippen LogP contribution in [0.5, 0.6) is 0 Å². The van der Waals surface area contributed by atoms with Crippen LogP contribution in [-0.2, 0) is 11.2 Å². The molecule has 1 atom stereocenters. The number of hydrogen-bond acceptors (Lipinski definition) is 2. The van der Waals surface area contributed by atoms with Crippen LogP contribution < -0.4 is 0 Å². The second kappa shape index (κ2) is 4.18. The van der Waals surface area contributed by atoms with Crippen molar-refractivity contribution in [3.63, 3.8) is 0 Å². The van der Waals surface area contributed by atoms with Gasteiger partial charge in [0.25, 0.3) is 0 Å². The number of hydrogen-bond donors (Lipinski definition) is 1. The minimum atomic E-state index is 0.0918. The largest absolute Gasteiger partial charge is 0.349 e. The Morgan fingerprint density at radius 1 is 1.73 bits per heavy atom. The molecule has 1 unspecified atom stereocenters. The second-order valence-electron chi connectivity index (χ2n) is 3.69. The molecule has 1 N–H and O–H groups in total. The van der Waals surface area contributed by atoms with Crippen molar-refractivity contribution in [3.05, 3.63) is 18.2 Å². The first-order valence-electron chi connectivity index (χ1n) is 5.01. The predicted octanol–water partition coefficient (Wildman–Crippen LogP) is 0.434. The zero-order valence-corrected chi connectivity index (χ0v) is 8.44. The third kappa shape index (κ3) is 2.18. The number of imidazole rings is 1. The van der Waals surface area contributed by atoms with Gasteiger partial charge in [0.1, 0.15) is 5.82 Å². The Kier molecular flexibility index (Phi) is 2.72. The molecule has 1 aliphatic rings. The Morgan fingerprint density at radius 3 is 3.20 bits per heavy atom. The maximum absolute atomic E-state index is 11.5. The Labute approximate surface area is 88.7 Å². The first kappa shape index (κ1) is 9.78. The van der Waals surface area contributed by atoms with Crippen molar-refractivity contribution in [1.29, 1.82) is 0 Å². The molecule has 4 nitrogen and oxygen atoms in total. The molecule has 2 rings (SSSR count). The molecule has 2 heterocycles. The third-order valence-corrected chi connectivity index (χ3v) is 2.62. The summed E-state index contributed by atoms with van der Waals surface area (Å²) < 4.78 is 0. The highest BCUT2D eigenvalue weighted by atomic mass is 16.2. The van der Waals surface area contributed by atoms with Crippen LogP contribution in [0.25, 0.3) is 0 Å². The molecule has 0 aromatic carbocycles. The Balaban J connectivity index is 1.86. The van der Waals surface area contributed by atoms with E-state index in [9.17, 15) is 4.79 Å². The second-order valence-corrected chi connectivity index (χ2v) is 3.69. The maximum Gasteiger partial charge on any atom is 0.223 e. The van der Waals surface area contributed by atoms with Crippen molar-refractivity contribution in [1.82, 2.24) is 14.9 Å². The topological polar surface area (TPSA) is 49.0 Å². The number of amides is 1. The fourth-order valence-corrected chi connectivity index (χ4v) is 1.78. The van der Waals surface area contributed by atoms with Gasteiger partial charge in [-0.15, -0.1) is 12.3 Å². The molecule has 1 aliphatic heterocycles. The lowest BCUT2D eigenvalue weighted by atomic mass is 10.1. The lowest BCUT2D eigenvalue weighted by Gasteiger charge is -2.14. The highest BCUT2D eigenvalue weighted by molar-refractivity contribution is 5.79. The van der Waals surface area contributed by atoms with E-state index in [1.54, 1.807) is 12.4 Å². The lowest BCUT2D eigenvalue weighted by Crippen LogP contribution is -2.27. The molecule has 1 amide bonds. The van der Waals surface area contributed by atoms with Gasteiger partial charge in [0.2, 0.25) is 5.91 Å². The van der Waals surface area contributed by atoms with Crippen LogP contribution in [0.3, 0.4) is 0 Å². The Hall–Kier alpha value is -1.76. The van der Waals surface area contributed by atoms with Crippen molar-refractivity contribution in [2.75, 3.05) is 13.1 Å². The fourth-order valence-electron chi connectivity index (χ4n) is 1.78. The highest BCUT2D eigenvalue weighted by Gasteiger charge is 2.27. The summed E-state index contributed by atoms with van der Waals surface area (Å²) in [5.74, 6) is 3.79. The van der Waals surface area contributed by atoms with E-state index in [0.717, 1.165) is 12.2 Å². The van der Waals surface area contributed by atoms with Gasteiger partial charge in [0, 0.05) is 44.2 Å². The zero-order chi connectivity index (χ0) is 10.7. The van der Waals surface area contributed by atoms with Gasteiger partial charge in [-0.25, -0.2) is 4.98 Å². The molecule has 0 bridgehead atoms. The van der Waals surface area contributed by atoms with Gasteiger partial charge in [0.05, 0.1) is 0 Å². The molecule has 0 saturated carbocycles. The average Bonchev–Trinajstić information content (AvgIpc) is 2.84. The summed E-state index contributed by atoms with van der Waals surface area (Å²) in [6.45, 7) is 1.39. The van der Waals surface area contributed by atoms with Crippen LogP contribution in [0.1, 0.15) is 12.2 Å². The van der Waals surface area contributed by atoms with Gasteiger partial charge >= 0.3 is 0 Å². The van der Waals surface area contributed by atoms with Crippen LogP contribution in [0, 0.1) is 18.3 Å². The van der Waals surface area contributed by atoms with Gasteiger partial charge in [0.15, 0.2) is 0 Å². The monoisotopic (exact) mass is 203 g/mol. The molecule has 1 fully saturated rings. The maximum atomic E-state index is 11.5. The van der Waals surface area contributed by atoms with Crippen molar-refractivity contribution in [3.8, 4) is 12.3 Å². The van der Waals surface area contributed by atoms with E-state index < -0.39 is 0 Å². The van der Waals surface area contributed by atoms with Gasteiger partial charge in [-0.05, 0) is 0 Å². The molecule has 0 spiro atoms. The smallest absolute Gasteiger partial charge is 0.223 e. The number of nitrogens with one attached hydrogen (secondary N) is 1. The van der Waals surface area contributed by atoms with Crippen LogP contribution in [0.4, 0.5) is 0 Å². The van der Waals surface area contributed by atoms with E-state index >= 15 is 0 Å². The minimum Gasteiger partial charge on any atom is -0.349 e. The van der Waals surface area contributed by atoms with E-state index in [1.807, 2.05) is 4.90 Å². The molecule has 1 aromatic heterocycles. The number of likely N-dealkylation sites (tertiary alicyclic amines) is 1. The molecular weight excluding hydrogens is 190 g/mol. The number of H-pyrrole nitrogens is 1. The van der Waals surface area contributed by atoms with Gasteiger partial charge in [-0.1, -0.05) is 0 Å². The summed E-state index contributed by atoms with van der Waals surface area (Å²) in [6.07, 6.45) is 10.1. The van der Waals surface area contributed by atoms with E-state index in [4.69, 9.17) is 6.42 Å². The molecule has 0 aliphatic carbocycles. The number of aromatic amines is 1. The summed E-state index contributed by atoms with van der Waals surface area (Å²) in [4.78, 5) is 20.4. The molecule has 1 aromatic rings. The summed E-state index contributed by atoms with van der Waals surface area (Å²) in [5, 5.41) is 0. The first-order chi connectivity index (χ1) is 7.29. The van der Waals surface area contributed by atoms with Crippen LogP contribution in [-0.4, -0.2) is 33.9 Å². The van der Waals surface area contributed by atoms with Crippen LogP contribution >= 0.6 is 0 Å². The number of nitrogens with zero attached hydrogens (tertiary/aromatic N) is 2. The summed E-state index contributed by atoms with van der Waals surface area (Å²) in [5.41, 5.74) is 0. The number of carbonyl (C=O) groups is 1. The minimum absolute atomic E-state index is 0.0918. The Bertz CT molecular complexity index is 377. The summed E-state index contributed by atoms with van der Waals surface area (Å²) in [7, 11) is 0. The predicted molar refractivity (Wildman–Crippen MR) is 55.8 cm³/mol. The van der Waals surface area contributed by atoms with Gasteiger partial charge in [-0.2, -0.15) is 0 Å². The van der Waals surface area contributed by atoms with E-state index in [0.29, 0.717) is 19.5 Å². The highest BCUT2D eigenvalue weighted by Crippen LogP contribution is 2.16. The first-order valence-corrected chi connectivity index (χ1v) is 5.01. The van der Waals surface area contributed by atoms with Gasteiger partial charge < -0.3 is 9.88 Å². The summed E-state index contributed by atoms with van der Waals surface area (Å²) >= 11 is 0. The number of aromatic nitrogens is 2. The lowest BCUT2D eigenvalue weighted by molar-refractivity contribution is -0.127. The Morgan fingerprint density at radius 2 is 2.60 bits per heavy atom. The number of carbonyl (C=O) groups excluding carboxylic acids is 1.